The summed E-state index contributed by atoms with van der Waals surface area (Å²) in [4.78, 5) is 0. The highest BCUT2D eigenvalue weighted by molar-refractivity contribution is 7.89. The maximum atomic E-state index is 12.2. The van der Waals surface area contributed by atoms with E-state index >= 15 is 0 Å². The van der Waals surface area contributed by atoms with Gasteiger partial charge in [-0.2, -0.15) is 5.10 Å². The third-order valence-corrected chi connectivity index (χ3v) is 4.27. The summed E-state index contributed by atoms with van der Waals surface area (Å²) in [7, 11) is -3.51. The van der Waals surface area contributed by atoms with Crippen molar-refractivity contribution in [2.75, 3.05) is 13.1 Å². The van der Waals surface area contributed by atoms with Crippen LogP contribution < -0.4 is 10.0 Å². The van der Waals surface area contributed by atoms with Crippen LogP contribution >= 0.6 is 0 Å². The van der Waals surface area contributed by atoms with Gasteiger partial charge in [0.25, 0.3) is 10.0 Å². The molecule has 0 saturated heterocycles. The zero-order valence-electron chi connectivity index (χ0n) is 11.9. The monoisotopic (exact) mass is 288 g/mol. The second-order valence-corrected chi connectivity index (χ2v) is 6.24. The van der Waals surface area contributed by atoms with E-state index in [1.165, 1.54) is 0 Å². The fourth-order valence-corrected chi connectivity index (χ4v) is 2.97. The normalized spacial score (nSPS) is 11.9. The number of H-pyrrole nitrogens is 1. The van der Waals surface area contributed by atoms with Crippen LogP contribution in [-0.2, 0) is 16.6 Å². The number of nitrogens with one attached hydrogen (secondary N) is 3. The average Bonchev–Trinajstić information content (AvgIpc) is 2.72. The lowest BCUT2D eigenvalue weighted by Crippen LogP contribution is -2.27. The zero-order valence-corrected chi connectivity index (χ0v) is 12.7. The highest BCUT2D eigenvalue weighted by atomic mass is 32.2. The Balaban J connectivity index is 2.81. The standard InChI is InChI=1S/C12H24N4O2S/c1-4-6-8-14-19(17,18)12-11(9-13-7-5-2)10(3)15-16-12/h13-14H,4-9H2,1-3H3,(H,15,16). The lowest BCUT2D eigenvalue weighted by Gasteiger charge is -2.07. The van der Waals surface area contributed by atoms with Crippen molar-refractivity contribution in [1.29, 1.82) is 0 Å². The topological polar surface area (TPSA) is 86.9 Å². The second-order valence-electron chi connectivity index (χ2n) is 4.56. The predicted molar refractivity (Wildman–Crippen MR) is 75.4 cm³/mol. The Hall–Kier alpha value is -0.920. The van der Waals surface area contributed by atoms with E-state index in [1.54, 1.807) is 0 Å². The zero-order chi connectivity index (χ0) is 14.3. The molecular weight excluding hydrogens is 264 g/mol. The van der Waals surface area contributed by atoms with Gasteiger partial charge in [-0.3, -0.25) is 5.10 Å². The van der Waals surface area contributed by atoms with Crippen molar-refractivity contribution in [2.24, 2.45) is 0 Å². The average molecular weight is 288 g/mol. The first-order valence-corrected chi connectivity index (χ1v) is 8.25. The molecule has 0 amide bonds. The van der Waals surface area contributed by atoms with Crippen LogP contribution in [0.1, 0.15) is 44.4 Å². The summed E-state index contributed by atoms with van der Waals surface area (Å²) in [6.45, 7) is 7.74. The van der Waals surface area contributed by atoms with Crippen molar-refractivity contribution in [2.45, 2.75) is 51.6 Å². The van der Waals surface area contributed by atoms with Crippen LogP contribution in [0, 0.1) is 6.92 Å². The van der Waals surface area contributed by atoms with Gasteiger partial charge in [0.05, 0.1) is 0 Å². The number of aryl methyl sites for hydroxylation is 1. The summed E-state index contributed by atoms with van der Waals surface area (Å²) < 4.78 is 26.9. The Kier molecular flexibility index (Phi) is 6.47. The first-order valence-electron chi connectivity index (χ1n) is 6.77. The number of nitrogens with zero attached hydrogens (tertiary/aromatic N) is 1. The van der Waals surface area contributed by atoms with Crippen LogP contribution in [0.15, 0.2) is 5.03 Å². The molecule has 0 aromatic carbocycles. The molecule has 0 unspecified atom stereocenters. The summed E-state index contributed by atoms with van der Waals surface area (Å²) in [6.07, 6.45) is 2.78. The third kappa shape index (κ3) is 4.59. The molecule has 0 atom stereocenters. The molecule has 6 nitrogen and oxygen atoms in total. The molecule has 0 bridgehead atoms. The molecule has 0 fully saturated rings. The second kappa shape index (κ2) is 7.62. The SMILES string of the molecule is CCCCNS(=O)(=O)c1n[nH]c(C)c1CNCCC. The molecule has 0 aliphatic heterocycles. The maximum Gasteiger partial charge on any atom is 0.260 e. The molecule has 0 aliphatic carbocycles. The maximum absolute atomic E-state index is 12.2. The molecule has 0 radical (unpaired) electrons. The number of hydrogen-bond donors (Lipinski definition) is 3. The molecule has 0 spiro atoms. The molecule has 1 aromatic heterocycles. The Morgan fingerprint density at radius 3 is 2.58 bits per heavy atom. The van der Waals surface area contributed by atoms with E-state index < -0.39 is 10.0 Å². The number of rotatable bonds is 9. The minimum absolute atomic E-state index is 0.115. The van der Waals surface area contributed by atoms with Gasteiger partial charge in [-0.25, -0.2) is 13.1 Å². The molecule has 0 saturated carbocycles. The molecule has 19 heavy (non-hydrogen) atoms. The van der Waals surface area contributed by atoms with E-state index in [2.05, 4.69) is 27.2 Å². The van der Waals surface area contributed by atoms with Crippen molar-refractivity contribution in [3.8, 4) is 0 Å². The number of aromatic nitrogens is 2. The van der Waals surface area contributed by atoms with Crippen molar-refractivity contribution >= 4 is 10.0 Å². The number of sulfonamides is 1. The van der Waals surface area contributed by atoms with Gasteiger partial charge in [0.15, 0.2) is 5.03 Å². The van der Waals surface area contributed by atoms with Gasteiger partial charge in [-0.05, 0) is 26.3 Å². The Morgan fingerprint density at radius 1 is 1.21 bits per heavy atom. The van der Waals surface area contributed by atoms with Crippen LogP contribution in [0.5, 0.6) is 0 Å². The minimum Gasteiger partial charge on any atom is -0.313 e. The molecule has 0 aliphatic rings. The Bertz CT molecular complexity index is 482. The summed E-state index contributed by atoms with van der Waals surface area (Å²) in [6, 6.07) is 0. The molecular formula is C12H24N4O2S. The van der Waals surface area contributed by atoms with Gasteiger partial charge >= 0.3 is 0 Å². The number of hydrogen-bond acceptors (Lipinski definition) is 4. The predicted octanol–water partition coefficient (Wildman–Crippen LogP) is 1.30. The summed E-state index contributed by atoms with van der Waals surface area (Å²) in [5.41, 5.74) is 1.51. The van der Waals surface area contributed by atoms with Crippen LogP contribution in [0.2, 0.25) is 0 Å². The highest BCUT2D eigenvalue weighted by Gasteiger charge is 2.22. The van der Waals surface area contributed by atoms with E-state index in [0.717, 1.165) is 37.1 Å². The number of unbranched alkanes of at least 4 members (excludes halogenated alkanes) is 1. The summed E-state index contributed by atoms with van der Waals surface area (Å²) in [5.74, 6) is 0. The van der Waals surface area contributed by atoms with Gasteiger partial charge in [0.2, 0.25) is 0 Å². The van der Waals surface area contributed by atoms with Gasteiger partial charge < -0.3 is 5.32 Å². The molecule has 1 heterocycles. The van der Waals surface area contributed by atoms with Gasteiger partial charge in [-0.1, -0.05) is 20.3 Å². The molecule has 110 valence electrons. The molecule has 7 heteroatoms. The van der Waals surface area contributed by atoms with E-state index in [1.807, 2.05) is 13.8 Å². The van der Waals surface area contributed by atoms with Crippen molar-refractivity contribution in [3.05, 3.63) is 11.3 Å². The first kappa shape index (κ1) is 16.1. The third-order valence-electron chi connectivity index (χ3n) is 2.84. The fraction of sp³-hybridized carbons (Fsp3) is 0.750. The van der Waals surface area contributed by atoms with Crippen molar-refractivity contribution in [3.63, 3.8) is 0 Å². The Labute approximate surface area is 115 Å². The van der Waals surface area contributed by atoms with Crippen LogP contribution in [0.3, 0.4) is 0 Å². The Morgan fingerprint density at radius 2 is 1.95 bits per heavy atom. The first-order chi connectivity index (χ1) is 9.03. The van der Waals surface area contributed by atoms with Gasteiger partial charge in [-0.15, -0.1) is 0 Å². The van der Waals surface area contributed by atoms with E-state index in [4.69, 9.17) is 0 Å². The largest absolute Gasteiger partial charge is 0.313 e. The van der Waals surface area contributed by atoms with Crippen molar-refractivity contribution < 1.29 is 8.42 Å². The molecule has 1 aromatic rings. The lowest BCUT2D eigenvalue weighted by atomic mass is 10.2. The number of aromatic amines is 1. The van der Waals surface area contributed by atoms with E-state index in [-0.39, 0.29) is 5.03 Å². The molecule has 1 rings (SSSR count). The summed E-state index contributed by atoms with van der Waals surface area (Å²) >= 11 is 0. The quantitative estimate of drug-likeness (QED) is 0.598. The van der Waals surface area contributed by atoms with E-state index in [9.17, 15) is 8.42 Å². The highest BCUT2D eigenvalue weighted by Crippen LogP contribution is 2.15. The summed E-state index contributed by atoms with van der Waals surface area (Å²) in [5, 5.41) is 10.0. The molecule has 3 N–H and O–H groups in total. The minimum atomic E-state index is -3.51. The van der Waals surface area contributed by atoms with Gasteiger partial charge in [0, 0.05) is 24.3 Å². The van der Waals surface area contributed by atoms with E-state index in [0.29, 0.717) is 13.1 Å². The van der Waals surface area contributed by atoms with Crippen molar-refractivity contribution in [1.82, 2.24) is 20.2 Å². The smallest absolute Gasteiger partial charge is 0.260 e. The van der Waals surface area contributed by atoms with Crippen LogP contribution in [0.25, 0.3) is 0 Å². The van der Waals surface area contributed by atoms with Gasteiger partial charge in [0.1, 0.15) is 0 Å². The fourth-order valence-electron chi connectivity index (χ4n) is 1.70. The lowest BCUT2D eigenvalue weighted by molar-refractivity contribution is 0.570. The van der Waals surface area contributed by atoms with Crippen LogP contribution in [0.4, 0.5) is 0 Å². The van der Waals surface area contributed by atoms with Crippen LogP contribution in [-0.4, -0.2) is 31.7 Å².